The summed E-state index contributed by atoms with van der Waals surface area (Å²) in [6.07, 6.45) is 7.71. The maximum absolute atomic E-state index is 13.9. The molecule has 1 saturated heterocycles. The summed E-state index contributed by atoms with van der Waals surface area (Å²) in [5.41, 5.74) is 2.26. The highest BCUT2D eigenvalue weighted by atomic mass is 35.5. The van der Waals surface area contributed by atoms with Gasteiger partial charge < -0.3 is 30.7 Å². The minimum atomic E-state index is -0.838. The standard InChI is InChI=1S/C30H36Cl2N6O3/c1-19-18-37(13-14-38(19)30(41)34-22-7-3-2-4-8-22)28(39)27(15-20-17-33-25-10-6-5-9-23(20)25)36-29(40)35-26-12-11-21(31)16-24(26)32/h5-6,9-12,16-17,19,22,27,33H,2-4,7-8,13-15,18H2,1H3,(H,34,41)(H2,35,36,40). The first kappa shape index (κ1) is 29.1. The molecule has 2 unspecified atom stereocenters. The van der Waals surface area contributed by atoms with Crippen molar-refractivity contribution in [3.05, 3.63) is 64.3 Å². The average molecular weight is 600 g/mol. The Hall–Kier alpha value is -3.43. The van der Waals surface area contributed by atoms with Gasteiger partial charge in [0.05, 0.1) is 10.7 Å². The number of rotatable bonds is 6. The Balaban J connectivity index is 1.28. The first-order valence-electron chi connectivity index (χ1n) is 14.2. The average Bonchev–Trinajstić information content (AvgIpc) is 3.37. The summed E-state index contributed by atoms with van der Waals surface area (Å²) in [6, 6.07) is 11.2. The van der Waals surface area contributed by atoms with Gasteiger partial charge in [-0.2, -0.15) is 0 Å². The molecular formula is C30H36Cl2N6O3. The molecule has 5 amide bonds. The van der Waals surface area contributed by atoms with Crippen LogP contribution in [0.2, 0.25) is 10.0 Å². The zero-order valence-electron chi connectivity index (χ0n) is 23.1. The lowest BCUT2D eigenvalue weighted by Crippen LogP contribution is -2.61. The van der Waals surface area contributed by atoms with Gasteiger partial charge in [0.25, 0.3) is 0 Å². The molecule has 1 aliphatic carbocycles. The summed E-state index contributed by atoms with van der Waals surface area (Å²) < 4.78 is 0. The van der Waals surface area contributed by atoms with Gasteiger partial charge in [-0.05, 0) is 49.6 Å². The van der Waals surface area contributed by atoms with Gasteiger partial charge in [0.15, 0.2) is 0 Å². The third-order valence-electron chi connectivity index (χ3n) is 8.01. The van der Waals surface area contributed by atoms with Crippen molar-refractivity contribution in [2.24, 2.45) is 0 Å². The number of hydrogen-bond donors (Lipinski definition) is 4. The molecule has 0 radical (unpaired) electrons. The van der Waals surface area contributed by atoms with Crippen LogP contribution in [0.3, 0.4) is 0 Å². The number of aromatic nitrogens is 1. The predicted octanol–water partition coefficient (Wildman–Crippen LogP) is 5.78. The Morgan fingerprint density at radius 1 is 1.05 bits per heavy atom. The SMILES string of the molecule is CC1CN(C(=O)C(Cc2c[nH]c3ccccc23)NC(=O)Nc2ccc(Cl)cc2Cl)CCN1C(=O)NC1CCCCC1. The Labute approximate surface area is 249 Å². The second-order valence-corrected chi connectivity index (χ2v) is 11.8. The second kappa shape index (κ2) is 13.0. The number of benzene rings is 2. The van der Waals surface area contributed by atoms with Crippen LogP contribution >= 0.6 is 23.2 Å². The van der Waals surface area contributed by atoms with Crippen LogP contribution in [0, 0.1) is 0 Å². The molecule has 11 heteroatoms. The molecule has 0 spiro atoms. The molecule has 4 N–H and O–H groups in total. The zero-order chi connectivity index (χ0) is 28.9. The van der Waals surface area contributed by atoms with Gasteiger partial charge in [0.1, 0.15) is 6.04 Å². The number of anilines is 1. The molecule has 1 aliphatic heterocycles. The maximum atomic E-state index is 13.9. The van der Waals surface area contributed by atoms with E-state index in [-0.39, 0.29) is 24.0 Å². The van der Waals surface area contributed by atoms with E-state index in [2.05, 4.69) is 20.9 Å². The van der Waals surface area contributed by atoms with Gasteiger partial charge >= 0.3 is 12.1 Å². The Kier molecular flexibility index (Phi) is 9.25. The zero-order valence-corrected chi connectivity index (χ0v) is 24.6. The molecule has 218 valence electrons. The number of H-pyrrole nitrogens is 1. The van der Waals surface area contributed by atoms with E-state index in [1.54, 1.807) is 23.1 Å². The summed E-state index contributed by atoms with van der Waals surface area (Å²) >= 11 is 12.2. The number of fused-ring (bicyclic) bond motifs is 1. The van der Waals surface area contributed by atoms with Crippen molar-refractivity contribution in [2.75, 3.05) is 25.0 Å². The number of nitrogens with zero attached hydrogens (tertiary/aromatic N) is 2. The largest absolute Gasteiger partial charge is 0.361 e. The Bertz CT molecular complexity index is 1410. The monoisotopic (exact) mass is 598 g/mol. The number of urea groups is 2. The fourth-order valence-electron chi connectivity index (χ4n) is 5.81. The third-order valence-corrected chi connectivity index (χ3v) is 8.56. The first-order chi connectivity index (χ1) is 19.8. The highest BCUT2D eigenvalue weighted by Gasteiger charge is 2.34. The van der Waals surface area contributed by atoms with E-state index >= 15 is 0 Å². The van der Waals surface area contributed by atoms with Crippen molar-refractivity contribution in [3.63, 3.8) is 0 Å². The number of nitrogens with one attached hydrogen (secondary N) is 4. The number of para-hydroxylation sites is 1. The number of carbonyl (C=O) groups excluding carboxylic acids is 3. The first-order valence-corrected chi connectivity index (χ1v) is 15.0. The molecule has 2 fully saturated rings. The van der Waals surface area contributed by atoms with Crippen molar-refractivity contribution in [1.29, 1.82) is 0 Å². The molecule has 2 aliphatic rings. The lowest BCUT2D eigenvalue weighted by Gasteiger charge is -2.41. The molecule has 0 bridgehead atoms. The highest BCUT2D eigenvalue weighted by molar-refractivity contribution is 6.36. The maximum Gasteiger partial charge on any atom is 0.319 e. The van der Waals surface area contributed by atoms with E-state index in [4.69, 9.17) is 23.2 Å². The van der Waals surface area contributed by atoms with Crippen LogP contribution in [-0.2, 0) is 11.2 Å². The van der Waals surface area contributed by atoms with E-state index < -0.39 is 12.1 Å². The number of amides is 5. The molecule has 9 nitrogen and oxygen atoms in total. The van der Waals surface area contributed by atoms with Crippen LogP contribution in [-0.4, -0.2) is 70.5 Å². The van der Waals surface area contributed by atoms with Gasteiger partial charge in [-0.15, -0.1) is 0 Å². The number of carbonyl (C=O) groups is 3. The molecule has 5 rings (SSSR count). The van der Waals surface area contributed by atoms with E-state index in [0.29, 0.717) is 41.8 Å². The number of aromatic amines is 1. The van der Waals surface area contributed by atoms with E-state index in [9.17, 15) is 14.4 Å². The van der Waals surface area contributed by atoms with Crippen molar-refractivity contribution in [3.8, 4) is 0 Å². The normalized spacial score (nSPS) is 18.7. The third kappa shape index (κ3) is 7.08. The summed E-state index contributed by atoms with van der Waals surface area (Å²) in [7, 11) is 0. The molecule has 2 heterocycles. The summed E-state index contributed by atoms with van der Waals surface area (Å²) in [4.78, 5) is 46.8. The van der Waals surface area contributed by atoms with Crippen molar-refractivity contribution >= 4 is 57.8 Å². The van der Waals surface area contributed by atoms with Gasteiger partial charge in [-0.1, -0.05) is 60.7 Å². The smallest absolute Gasteiger partial charge is 0.319 e. The van der Waals surface area contributed by atoms with Crippen LogP contribution in [0.25, 0.3) is 10.9 Å². The summed E-state index contributed by atoms with van der Waals surface area (Å²) in [6.45, 7) is 3.15. The minimum Gasteiger partial charge on any atom is -0.361 e. The van der Waals surface area contributed by atoms with Gasteiger partial charge in [-0.3, -0.25) is 4.79 Å². The highest BCUT2D eigenvalue weighted by Crippen LogP contribution is 2.26. The molecule has 1 aromatic heterocycles. The minimum absolute atomic E-state index is 0.0656. The van der Waals surface area contributed by atoms with Crippen molar-refractivity contribution in [1.82, 2.24) is 25.4 Å². The number of hydrogen-bond acceptors (Lipinski definition) is 3. The van der Waals surface area contributed by atoms with Crippen LogP contribution in [0.4, 0.5) is 15.3 Å². The molecule has 2 aromatic carbocycles. The Morgan fingerprint density at radius 2 is 1.83 bits per heavy atom. The van der Waals surface area contributed by atoms with Crippen molar-refractivity contribution < 1.29 is 14.4 Å². The van der Waals surface area contributed by atoms with E-state index in [1.165, 1.54) is 6.42 Å². The molecule has 3 aromatic rings. The summed E-state index contributed by atoms with van der Waals surface area (Å²) in [5, 5.41) is 10.5. The lowest BCUT2D eigenvalue weighted by molar-refractivity contribution is -0.135. The van der Waals surface area contributed by atoms with Crippen LogP contribution in [0.5, 0.6) is 0 Å². The fourth-order valence-corrected chi connectivity index (χ4v) is 6.27. The van der Waals surface area contributed by atoms with Gasteiger partial charge in [0.2, 0.25) is 5.91 Å². The fraction of sp³-hybridized carbons (Fsp3) is 0.433. The summed E-state index contributed by atoms with van der Waals surface area (Å²) in [5.74, 6) is -0.202. The number of halogens is 2. The topological polar surface area (TPSA) is 110 Å². The van der Waals surface area contributed by atoms with Crippen molar-refractivity contribution in [2.45, 2.75) is 63.6 Å². The van der Waals surface area contributed by atoms with Crippen LogP contribution in [0.1, 0.15) is 44.6 Å². The van der Waals surface area contributed by atoms with Crippen LogP contribution < -0.4 is 16.0 Å². The lowest BCUT2D eigenvalue weighted by atomic mass is 9.96. The number of piperazine rings is 1. The molecular weight excluding hydrogens is 563 g/mol. The molecule has 41 heavy (non-hydrogen) atoms. The van der Waals surface area contributed by atoms with E-state index in [0.717, 1.165) is 42.1 Å². The van der Waals surface area contributed by atoms with E-state index in [1.807, 2.05) is 42.3 Å². The molecule has 1 saturated carbocycles. The van der Waals surface area contributed by atoms with Crippen LogP contribution in [0.15, 0.2) is 48.7 Å². The molecule has 2 atom stereocenters. The van der Waals surface area contributed by atoms with Gasteiger partial charge in [0, 0.05) is 60.3 Å². The second-order valence-electron chi connectivity index (χ2n) is 10.9. The van der Waals surface area contributed by atoms with Gasteiger partial charge in [-0.25, -0.2) is 9.59 Å². The quantitative estimate of drug-likeness (QED) is 0.288. The Morgan fingerprint density at radius 3 is 2.59 bits per heavy atom. The predicted molar refractivity (Wildman–Crippen MR) is 163 cm³/mol.